The fourth-order valence-electron chi connectivity index (χ4n) is 2.84. The standard InChI is InChI=1S/C14H19FN2O/c1-8-5-9(2)13(11(15)6-8)10-3-4-17-12(7-10)14(16)18/h5-6,10,12,17H,3-4,7H2,1-2H3,(H2,16,18). The third-order valence-electron chi connectivity index (χ3n) is 3.64. The number of rotatable bonds is 2. The molecule has 98 valence electrons. The van der Waals surface area contributed by atoms with Gasteiger partial charge in [-0.25, -0.2) is 4.39 Å². The number of carbonyl (C=O) groups is 1. The van der Waals surface area contributed by atoms with Crippen molar-refractivity contribution < 1.29 is 9.18 Å². The Hall–Kier alpha value is -1.42. The molecule has 1 fully saturated rings. The van der Waals surface area contributed by atoms with Crippen LogP contribution < -0.4 is 11.1 Å². The molecule has 2 rings (SSSR count). The minimum Gasteiger partial charge on any atom is -0.368 e. The zero-order valence-electron chi connectivity index (χ0n) is 10.8. The highest BCUT2D eigenvalue weighted by Gasteiger charge is 2.28. The first kappa shape index (κ1) is 13.0. The molecule has 1 aromatic rings. The number of hydrogen-bond acceptors (Lipinski definition) is 2. The monoisotopic (exact) mass is 250 g/mol. The maximum absolute atomic E-state index is 14.1. The molecule has 0 radical (unpaired) electrons. The summed E-state index contributed by atoms with van der Waals surface area (Å²) in [5.74, 6) is -0.447. The minimum absolute atomic E-state index is 0.0735. The van der Waals surface area contributed by atoms with Gasteiger partial charge in [-0.05, 0) is 61.9 Å². The Balaban J connectivity index is 2.29. The van der Waals surface area contributed by atoms with Crippen LogP contribution in [0.3, 0.4) is 0 Å². The summed E-state index contributed by atoms with van der Waals surface area (Å²) in [5, 5.41) is 3.07. The summed E-state index contributed by atoms with van der Waals surface area (Å²) in [6.45, 7) is 4.51. The van der Waals surface area contributed by atoms with Gasteiger partial charge in [0.05, 0.1) is 6.04 Å². The second-order valence-corrected chi connectivity index (χ2v) is 5.11. The third-order valence-corrected chi connectivity index (χ3v) is 3.64. The van der Waals surface area contributed by atoms with Crippen molar-refractivity contribution in [3.8, 4) is 0 Å². The molecule has 4 heteroatoms. The fourth-order valence-corrected chi connectivity index (χ4v) is 2.84. The van der Waals surface area contributed by atoms with Gasteiger partial charge in [-0.15, -0.1) is 0 Å². The Kier molecular flexibility index (Phi) is 3.66. The Morgan fingerprint density at radius 1 is 1.44 bits per heavy atom. The third kappa shape index (κ3) is 2.53. The van der Waals surface area contributed by atoms with Crippen LogP contribution in [0.15, 0.2) is 12.1 Å². The van der Waals surface area contributed by atoms with Gasteiger partial charge < -0.3 is 11.1 Å². The lowest BCUT2D eigenvalue weighted by atomic mass is 9.83. The van der Waals surface area contributed by atoms with E-state index in [1.165, 1.54) is 0 Å². The van der Waals surface area contributed by atoms with E-state index in [2.05, 4.69) is 5.32 Å². The molecule has 3 N–H and O–H groups in total. The van der Waals surface area contributed by atoms with Gasteiger partial charge in [-0.1, -0.05) is 6.07 Å². The number of nitrogens with one attached hydrogen (secondary N) is 1. The predicted molar refractivity (Wildman–Crippen MR) is 68.8 cm³/mol. The number of carbonyl (C=O) groups excluding carboxylic acids is 1. The van der Waals surface area contributed by atoms with Gasteiger partial charge in [-0.3, -0.25) is 4.79 Å². The van der Waals surface area contributed by atoms with E-state index in [1.54, 1.807) is 6.07 Å². The van der Waals surface area contributed by atoms with Gasteiger partial charge in [0.25, 0.3) is 0 Å². The average Bonchev–Trinajstić information content (AvgIpc) is 2.28. The summed E-state index contributed by atoms with van der Waals surface area (Å²) in [7, 11) is 0. The van der Waals surface area contributed by atoms with Crippen LogP contribution in [0.2, 0.25) is 0 Å². The van der Waals surface area contributed by atoms with Gasteiger partial charge in [0.2, 0.25) is 5.91 Å². The highest BCUT2D eigenvalue weighted by molar-refractivity contribution is 5.80. The normalized spacial score (nSPS) is 23.9. The summed E-state index contributed by atoms with van der Waals surface area (Å²) < 4.78 is 14.1. The zero-order valence-corrected chi connectivity index (χ0v) is 10.8. The van der Waals surface area contributed by atoms with E-state index in [9.17, 15) is 9.18 Å². The van der Waals surface area contributed by atoms with Crippen molar-refractivity contribution in [3.63, 3.8) is 0 Å². The molecule has 0 saturated carbocycles. The maximum Gasteiger partial charge on any atom is 0.234 e. The van der Waals surface area contributed by atoms with E-state index in [0.717, 1.165) is 23.1 Å². The smallest absolute Gasteiger partial charge is 0.234 e. The number of aryl methyl sites for hydroxylation is 2. The Morgan fingerprint density at radius 2 is 2.17 bits per heavy atom. The molecule has 0 aromatic heterocycles. The first-order valence-electron chi connectivity index (χ1n) is 6.28. The van der Waals surface area contributed by atoms with E-state index >= 15 is 0 Å². The van der Waals surface area contributed by atoms with Crippen molar-refractivity contribution in [1.29, 1.82) is 0 Å². The Morgan fingerprint density at radius 3 is 2.78 bits per heavy atom. The summed E-state index contributed by atoms with van der Waals surface area (Å²) in [5.41, 5.74) is 7.94. The van der Waals surface area contributed by atoms with Crippen LogP contribution >= 0.6 is 0 Å². The molecular weight excluding hydrogens is 231 g/mol. The Bertz CT molecular complexity index is 450. The molecule has 1 aliphatic rings. The summed E-state index contributed by atoms with van der Waals surface area (Å²) >= 11 is 0. The first-order valence-corrected chi connectivity index (χ1v) is 6.28. The predicted octanol–water partition coefficient (Wildman–Crippen LogP) is 1.76. The fraction of sp³-hybridized carbons (Fsp3) is 0.500. The number of amides is 1. The molecule has 1 amide bonds. The molecule has 18 heavy (non-hydrogen) atoms. The SMILES string of the molecule is Cc1cc(C)c(C2CCNC(C(N)=O)C2)c(F)c1. The van der Waals surface area contributed by atoms with Gasteiger partial charge in [0.1, 0.15) is 5.82 Å². The molecule has 2 unspecified atom stereocenters. The van der Waals surface area contributed by atoms with Crippen molar-refractivity contribution in [2.45, 2.75) is 38.6 Å². The van der Waals surface area contributed by atoms with Crippen LogP contribution in [-0.2, 0) is 4.79 Å². The molecule has 1 aliphatic heterocycles. The highest BCUT2D eigenvalue weighted by Crippen LogP contribution is 2.32. The van der Waals surface area contributed by atoms with Gasteiger partial charge in [0.15, 0.2) is 0 Å². The van der Waals surface area contributed by atoms with Gasteiger partial charge in [-0.2, -0.15) is 0 Å². The van der Waals surface area contributed by atoms with E-state index in [0.29, 0.717) is 13.0 Å². The molecule has 1 aromatic carbocycles. The lowest BCUT2D eigenvalue weighted by molar-refractivity contribution is -0.120. The van der Waals surface area contributed by atoms with E-state index in [-0.39, 0.29) is 23.7 Å². The second kappa shape index (κ2) is 5.06. The van der Waals surface area contributed by atoms with Crippen molar-refractivity contribution >= 4 is 5.91 Å². The van der Waals surface area contributed by atoms with Crippen LogP contribution in [-0.4, -0.2) is 18.5 Å². The van der Waals surface area contributed by atoms with Gasteiger partial charge >= 0.3 is 0 Å². The largest absolute Gasteiger partial charge is 0.368 e. The van der Waals surface area contributed by atoms with Crippen LogP contribution in [0.5, 0.6) is 0 Å². The van der Waals surface area contributed by atoms with Crippen LogP contribution in [0.1, 0.15) is 35.4 Å². The maximum atomic E-state index is 14.1. The average molecular weight is 250 g/mol. The molecular formula is C14H19FN2O. The van der Waals surface area contributed by atoms with Crippen molar-refractivity contribution in [1.82, 2.24) is 5.32 Å². The zero-order chi connectivity index (χ0) is 13.3. The summed E-state index contributed by atoms with van der Waals surface area (Å²) in [4.78, 5) is 11.2. The van der Waals surface area contributed by atoms with E-state index in [4.69, 9.17) is 5.73 Å². The Labute approximate surface area is 107 Å². The quantitative estimate of drug-likeness (QED) is 0.840. The highest BCUT2D eigenvalue weighted by atomic mass is 19.1. The van der Waals surface area contributed by atoms with Crippen molar-refractivity contribution in [3.05, 3.63) is 34.6 Å². The van der Waals surface area contributed by atoms with Crippen molar-refractivity contribution in [2.24, 2.45) is 5.73 Å². The van der Waals surface area contributed by atoms with Gasteiger partial charge in [0, 0.05) is 0 Å². The van der Waals surface area contributed by atoms with Crippen LogP contribution in [0, 0.1) is 19.7 Å². The molecule has 0 spiro atoms. The lowest BCUT2D eigenvalue weighted by Gasteiger charge is -2.30. The van der Waals surface area contributed by atoms with E-state index in [1.807, 2.05) is 19.9 Å². The topological polar surface area (TPSA) is 55.1 Å². The van der Waals surface area contributed by atoms with Crippen LogP contribution in [0.25, 0.3) is 0 Å². The summed E-state index contributed by atoms with van der Waals surface area (Å²) in [6.07, 6.45) is 1.42. The lowest BCUT2D eigenvalue weighted by Crippen LogP contribution is -2.46. The molecule has 2 atom stereocenters. The molecule has 1 heterocycles. The second-order valence-electron chi connectivity index (χ2n) is 5.11. The first-order chi connectivity index (χ1) is 8.49. The molecule has 3 nitrogen and oxygen atoms in total. The molecule has 0 aliphatic carbocycles. The minimum atomic E-state index is -0.357. The molecule has 1 saturated heterocycles. The number of nitrogens with two attached hydrogens (primary N) is 1. The van der Waals surface area contributed by atoms with E-state index < -0.39 is 0 Å². The van der Waals surface area contributed by atoms with Crippen LogP contribution in [0.4, 0.5) is 4.39 Å². The van der Waals surface area contributed by atoms with Crippen molar-refractivity contribution in [2.75, 3.05) is 6.54 Å². The number of primary amides is 1. The molecule has 0 bridgehead atoms. The number of benzene rings is 1. The number of hydrogen-bond donors (Lipinski definition) is 2. The number of piperidine rings is 1. The summed E-state index contributed by atoms with van der Waals surface area (Å²) in [6, 6.07) is 3.20. The number of halogens is 1.